The molecule has 4 heterocycles. The first-order chi connectivity index (χ1) is 19.8. The predicted molar refractivity (Wildman–Crippen MR) is 154 cm³/mol. The maximum atomic E-state index is 15.3. The van der Waals surface area contributed by atoms with Crippen LogP contribution >= 0.6 is 0 Å². The normalized spacial score (nSPS) is 16.8. The third kappa shape index (κ3) is 5.79. The van der Waals surface area contributed by atoms with Crippen molar-refractivity contribution < 1.29 is 18.7 Å². The fourth-order valence-corrected chi connectivity index (χ4v) is 5.18. The Kier molecular flexibility index (Phi) is 8.31. The summed E-state index contributed by atoms with van der Waals surface area (Å²) in [6, 6.07) is 3.38. The molecule has 1 unspecified atom stereocenters. The van der Waals surface area contributed by atoms with Crippen LogP contribution in [0.1, 0.15) is 12.1 Å². The van der Waals surface area contributed by atoms with Crippen LogP contribution in [0.3, 0.4) is 0 Å². The van der Waals surface area contributed by atoms with E-state index in [9.17, 15) is 4.79 Å². The molecule has 41 heavy (non-hydrogen) atoms. The summed E-state index contributed by atoms with van der Waals surface area (Å²) in [5.74, 6) is -0.0693. The Labute approximate surface area is 238 Å². The molecule has 0 spiro atoms. The van der Waals surface area contributed by atoms with Crippen LogP contribution < -0.4 is 10.6 Å². The van der Waals surface area contributed by atoms with Crippen LogP contribution in [0.25, 0.3) is 22.3 Å². The molecule has 216 valence electrons. The Morgan fingerprint density at radius 3 is 2.90 bits per heavy atom. The average Bonchev–Trinajstić information content (AvgIpc) is 3.31. The Morgan fingerprint density at radius 2 is 2.15 bits per heavy atom. The van der Waals surface area contributed by atoms with Crippen molar-refractivity contribution in [2.45, 2.75) is 25.6 Å². The number of aromatic nitrogens is 4. The number of hydrogen-bond donors (Lipinski definition) is 2. The van der Waals surface area contributed by atoms with Crippen LogP contribution in [-0.4, -0.2) is 89.2 Å². The molecule has 3 aromatic heterocycles. The lowest BCUT2D eigenvalue weighted by atomic mass is 9.99. The van der Waals surface area contributed by atoms with E-state index in [0.717, 1.165) is 41.7 Å². The monoisotopic (exact) mass is 562 g/mol. The third-order valence-electron chi connectivity index (χ3n) is 7.25. The fourth-order valence-electron chi connectivity index (χ4n) is 5.18. The van der Waals surface area contributed by atoms with E-state index in [1.807, 2.05) is 39.4 Å². The van der Waals surface area contributed by atoms with Crippen LogP contribution in [0, 0.1) is 5.82 Å². The van der Waals surface area contributed by atoms with Crippen LogP contribution in [0.5, 0.6) is 0 Å². The minimum atomic E-state index is -0.550. The topological polar surface area (TPSA) is 110 Å². The SMILES string of the molecule is C=CC(=O)NC1CC(Nc2ncc(F)c(-c3c4n(c5ncccc35)CCOC4)n2)=C(OC)C=C1N(C)CCN(C)C. The Morgan fingerprint density at radius 1 is 1.32 bits per heavy atom. The number of likely N-dealkylation sites (N-methyl/N-ethyl adjacent to an activating group) is 2. The average molecular weight is 563 g/mol. The van der Waals surface area contributed by atoms with E-state index in [2.05, 4.69) is 46.5 Å². The molecule has 0 saturated carbocycles. The van der Waals surface area contributed by atoms with Crippen LogP contribution in [0.4, 0.5) is 10.3 Å². The van der Waals surface area contributed by atoms with Crippen molar-refractivity contribution in [2.24, 2.45) is 0 Å². The molecule has 0 radical (unpaired) electrons. The fraction of sp³-hybridized carbons (Fsp3) is 0.379. The van der Waals surface area contributed by atoms with Gasteiger partial charge in [-0.2, -0.15) is 0 Å². The summed E-state index contributed by atoms with van der Waals surface area (Å²) in [6.45, 7) is 6.69. The van der Waals surface area contributed by atoms with Crippen LogP contribution in [-0.2, 0) is 27.4 Å². The number of amides is 1. The van der Waals surface area contributed by atoms with E-state index >= 15 is 4.39 Å². The molecule has 1 aliphatic carbocycles. The summed E-state index contributed by atoms with van der Waals surface area (Å²) >= 11 is 0. The molecule has 0 bridgehead atoms. The minimum Gasteiger partial charge on any atom is -0.495 e. The number of nitrogens with one attached hydrogen (secondary N) is 2. The number of pyridine rings is 1. The second-order valence-electron chi connectivity index (χ2n) is 10.2. The largest absolute Gasteiger partial charge is 0.495 e. The van der Waals surface area contributed by atoms with Gasteiger partial charge in [0, 0.05) is 62.0 Å². The third-order valence-corrected chi connectivity index (χ3v) is 7.25. The molecular formula is C29H35FN8O3. The maximum Gasteiger partial charge on any atom is 0.243 e. The number of rotatable bonds is 10. The van der Waals surface area contributed by atoms with Gasteiger partial charge in [-0.1, -0.05) is 6.58 Å². The highest BCUT2D eigenvalue weighted by Gasteiger charge is 2.29. The van der Waals surface area contributed by atoms with Gasteiger partial charge in [-0.05, 0) is 32.3 Å². The number of methoxy groups -OCH3 is 1. The van der Waals surface area contributed by atoms with E-state index < -0.39 is 5.82 Å². The number of nitrogens with zero attached hydrogens (tertiary/aromatic N) is 6. The molecule has 5 rings (SSSR count). The van der Waals surface area contributed by atoms with Gasteiger partial charge < -0.3 is 34.5 Å². The molecule has 3 aromatic rings. The molecule has 1 aliphatic heterocycles. The first-order valence-electron chi connectivity index (χ1n) is 13.4. The van der Waals surface area contributed by atoms with Crippen molar-refractivity contribution in [1.29, 1.82) is 0 Å². The van der Waals surface area contributed by atoms with E-state index in [1.165, 1.54) is 6.08 Å². The lowest BCUT2D eigenvalue weighted by molar-refractivity contribution is -0.117. The van der Waals surface area contributed by atoms with Crippen molar-refractivity contribution in [1.82, 2.24) is 34.6 Å². The lowest BCUT2D eigenvalue weighted by Gasteiger charge is -2.34. The summed E-state index contributed by atoms with van der Waals surface area (Å²) in [5.41, 5.74) is 3.93. The number of hydrogen-bond acceptors (Lipinski definition) is 9. The number of halogens is 1. The molecule has 11 nitrogen and oxygen atoms in total. The number of anilines is 1. The van der Waals surface area contributed by atoms with Gasteiger partial charge in [0.2, 0.25) is 11.9 Å². The van der Waals surface area contributed by atoms with Crippen molar-refractivity contribution in [2.75, 3.05) is 53.3 Å². The first-order valence-corrected chi connectivity index (χ1v) is 13.4. The molecule has 0 saturated heterocycles. The summed E-state index contributed by atoms with van der Waals surface area (Å²) in [6.07, 6.45) is 6.39. The molecule has 0 aromatic carbocycles. The van der Waals surface area contributed by atoms with Crippen molar-refractivity contribution in [3.05, 3.63) is 71.9 Å². The van der Waals surface area contributed by atoms with Crippen molar-refractivity contribution >= 4 is 22.9 Å². The number of fused-ring (bicyclic) bond motifs is 3. The lowest BCUT2D eigenvalue weighted by Crippen LogP contribution is -2.44. The van der Waals surface area contributed by atoms with E-state index in [-0.39, 0.29) is 23.6 Å². The molecule has 1 amide bonds. The molecule has 12 heteroatoms. The van der Waals surface area contributed by atoms with Crippen molar-refractivity contribution in [3.63, 3.8) is 0 Å². The zero-order valence-electron chi connectivity index (χ0n) is 23.8. The maximum absolute atomic E-state index is 15.3. The number of carbonyl (C=O) groups excluding carboxylic acids is 1. The van der Waals surface area contributed by atoms with Gasteiger partial charge in [-0.25, -0.2) is 19.3 Å². The molecule has 0 fully saturated rings. The molecular weight excluding hydrogens is 527 g/mol. The van der Waals surface area contributed by atoms with E-state index in [0.29, 0.717) is 43.2 Å². The Bertz CT molecular complexity index is 1530. The van der Waals surface area contributed by atoms with Gasteiger partial charge in [0.15, 0.2) is 5.82 Å². The first kappa shape index (κ1) is 28.2. The Balaban J connectivity index is 1.52. The zero-order chi connectivity index (χ0) is 29.1. The van der Waals surface area contributed by atoms with Gasteiger partial charge >= 0.3 is 0 Å². The predicted octanol–water partition coefficient (Wildman–Crippen LogP) is 2.88. The second kappa shape index (κ2) is 12.1. The van der Waals surface area contributed by atoms with Crippen LogP contribution in [0.15, 0.2) is 60.4 Å². The Hall–Kier alpha value is -4.29. The molecule has 2 aliphatic rings. The molecule has 2 N–H and O–H groups in total. The number of ether oxygens (including phenoxy) is 2. The second-order valence-corrected chi connectivity index (χ2v) is 10.2. The standard InChI is InChI=1S/C29H35FN8O3/c1-6-25(39)33-20-14-21(24(40-5)15-22(20)37(4)11-10-36(2)3)34-29-32-16-19(30)27(35-29)26-18-8-7-9-31-28(18)38-12-13-41-17-23(26)38/h6-9,15-16,20H,1,10-14,17H2,2-5H3,(H,33,39)(H,32,34,35). The highest BCUT2D eigenvalue weighted by Crippen LogP contribution is 2.37. The van der Waals surface area contributed by atoms with E-state index in [1.54, 1.807) is 13.3 Å². The number of carbonyl (C=O) groups is 1. The highest BCUT2D eigenvalue weighted by molar-refractivity contribution is 5.95. The van der Waals surface area contributed by atoms with Crippen LogP contribution in [0.2, 0.25) is 0 Å². The summed E-state index contributed by atoms with van der Waals surface area (Å²) < 4.78 is 28.8. The minimum absolute atomic E-state index is 0.159. The quantitative estimate of drug-likeness (QED) is 0.361. The summed E-state index contributed by atoms with van der Waals surface area (Å²) in [7, 11) is 7.58. The van der Waals surface area contributed by atoms with Crippen molar-refractivity contribution in [3.8, 4) is 11.3 Å². The highest BCUT2D eigenvalue weighted by atomic mass is 19.1. The van der Waals surface area contributed by atoms with Gasteiger partial charge in [-0.15, -0.1) is 0 Å². The van der Waals surface area contributed by atoms with Gasteiger partial charge in [-0.3, -0.25) is 4.79 Å². The summed E-state index contributed by atoms with van der Waals surface area (Å²) in [4.78, 5) is 29.9. The smallest absolute Gasteiger partial charge is 0.243 e. The van der Waals surface area contributed by atoms with Gasteiger partial charge in [0.1, 0.15) is 17.1 Å². The molecule has 1 atom stereocenters. The summed E-state index contributed by atoms with van der Waals surface area (Å²) in [5, 5.41) is 7.04. The van der Waals surface area contributed by atoms with Gasteiger partial charge in [0.05, 0.1) is 44.0 Å². The van der Waals surface area contributed by atoms with E-state index in [4.69, 9.17) is 9.47 Å². The zero-order valence-corrected chi connectivity index (χ0v) is 23.8. The number of allylic oxidation sites excluding steroid dienone is 1. The van der Waals surface area contributed by atoms with Gasteiger partial charge in [0.25, 0.3) is 0 Å².